The van der Waals surface area contributed by atoms with E-state index in [1.807, 2.05) is 38.1 Å². The van der Waals surface area contributed by atoms with Crippen molar-refractivity contribution < 1.29 is 10.2 Å². The minimum atomic E-state index is -0.894. The Labute approximate surface area is 89.5 Å². The van der Waals surface area contributed by atoms with Crippen LogP contribution in [0.4, 0.5) is 0 Å². The van der Waals surface area contributed by atoms with E-state index in [9.17, 15) is 10.2 Å². The Morgan fingerprint density at radius 1 is 1.20 bits per heavy atom. The van der Waals surface area contributed by atoms with Crippen molar-refractivity contribution >= 4 is 0 Å². The van der Waals surface area contributed by atoms with Crippen LogP contribution in [0.3, 0.4) is 0 Å². The van der Waals surface area contributed by atoms with E-state index < -0.39 is 18.2 Å². The molecular weight excluding hydrogens is 190 g/mol. The van der Waals surface area contributed by atoms with Gasteiger partial charge in [-0.1, -0.05) is 38.1 Å². The Morgan fingerprint density at radius 3 is 2.47 bits per heavy atom. The van der Waals surface area contributed by atoms with Crippen molar-refractivity contribution in [2.24, 2.45) is 5.73 Å². The third-order valence-corrected chi connectivity index (χ3v) is 3.50. The molecule has 0 saturated heterocycles. The highest BCUT2D eigenvalue weighted by molar-refractivity contribution is 5.40. The molecule has 0 amide bonds. The topological polar surface area (TPSA) is 66.5 Å². The molecule has 0 radical (unpaired) electrons. The van der Waals surface area contributed by atoms with Gasteiger partial charge in [-0.3, -0.25) is 0 Å². The number of fused-ring (bicyclic) bond motifs is 1. The first-order valence-corrected chi connectivity index (χ1v) is 5.17. The number of aliphatic hydroxyl groups excluding tert-OH is 2. The summed E-state index contributed by atoms with van der Waals surface area (Å²) in [7, 11) is 0. The number of hydrogen-bond donors (Lipinski definition) is 3. The van der Waals surface area contributed by atoms with Crippen LogP contribution >= 0.6 is 0 Å². The van der Waals surface area contributed by atoms with Crippen LogP contribution in [0, 0.1) is 0 Å². The smallest absolute Gasteiger partial charge is 0.107 e. The molecule has 82 valence electrons. The van der Waals surface area contributed by atoms with Crippen molar-refractivity contribution in [3.8, 4) is 0 Å². The van der Waals surface area contributed by atoms with Crippen LogP contribution < -0.4 is 5.73 Å². The Balaban J connectivity index is 2.61. The zero-order valence-corrected chi connectivity index (χ0v) is 9.01. The molecule has 3 unspecified atom stereocenters. The average Bonchev–Trinajstić information content (AvgIpc) is 2.24. The highest BCUT2D eigenvalue weighted by atomic mass is 16.3. The van der Waals surface area contributed by atoms with Crippen molar-refractivity contribution in [1.29, 1.82) is 0 Å². The van der Waals surface area contributed by atoms with Gasteiger partial charge in [0.1, 0.15) is 6.10 Å². The summed E-state index contributed by atoms with van der Waals surface area (Å²) in [5.41, 5.74) is 7.45. The molecule has 0 spiro atoms. The lowest BCUT2D eigenvalue weighted by Crippen LogP contribution is -2.55. The molecule has 0 fully saturated rings. The molecule has 3 nitrogen and oxygen atoms in total. The molecule has 0 aliphatic heterocycles. The highest BCUT2D eigenvalue weighted by Gasteiger charge is 2.43. The maximum atomic E-state index is 9.90. The second kappa shape index (κ2) is 3.30. The molecule has 2 rings (SSSR count). The predicted octanol–water partition coefficient (Wildman–Crippen LogP) is 0.699. The third kappa shape index (κ3) is 1.39. The van der Waals surface area contributed by atoms with Gasteiger partial charge in [-0.25, -0.2) is 0 Å². The lowest BCUT2D eigenvalue weighted by Gasteiger charge is -2.43. The normalized spacial score (nSPS) is 33.5. The lowest BCUT2D eigenvalue weighted by molar-refractivity contribution is -0.0233. The van der Waals surface area contributed by atoms with Gasteiger partial charge in [-0.15, -0.1) is 0 Å². The fourth-order valence-corrected chi connectivity index (χ4v) is 2.33. The molecular formula is C12H17NO2. The number of benzene rings is 1. The van der Waals surface area contributed by atoms with Gasteiger partial charge in [-0.05, 0) is 11.1 Å². The van der Waals surface area contributed by atoms with E-state index >= 15 is 0 Å². The summed E-state index contributed by atoms with van der Waals surface area (Å²) in [5, 5.41) is 19.8. The first-order chi connectivity index (χ1) is 6.96. The molecule has 3 heteroatoms. The van der Waals surface area contributed by atoms with Gasteiger partial charge in [-0.2, -0.15) is 0 Å². The third-order valence-electron chi connectivity index (χ3n) is 3.50. The van der Waals surface area contributed by atoms with E-state index in [4.69, 9.17) is 5.73 Å². The molecule has 0 saturated carbocycles. The number of hydrogen-bond acceptors (Lipinski definition) is 3. The van der Waals surface area contributed by atoms with Crippen LogP contribution in [0.25, 0.3) is 0 Å². The average molecular weight is 207 g/mol. The van der Waals surface area contributed by atoms with E-state index in [1.165, 1.54) is 0 Å². The largest absolute Gasteiger partial charge is 0.388 e. The molecule has 0 bridgehead atoms. The molecule has 15 heavy (non-hydrogen) atoms. The van der Waals surface area contributed by atoms with Gasteiger partial charge < -0.3 is 15.9 Å². The highest BCUT2D eigenvalue weighted by Crippen LogP contribution is 2.40. The van der Waals surface area contributed by atoms with Crippen LogP contribution in [0.2, 0.25) is 0 Å². The minimum Gasteiger partial charge on any atom is -0.388 e. The Kier molecular flexibility index (Phi) is 2.34. The van der Waals surface area contributed by atoms with Crippen LogP contribution in [0.5, 0.6) is 0 Å². The maximum absolute atomic E-state index is 9.90. The van der Waals surface area contributed by atoms with E-state index in [-0.39, 0.29) is 5.41 Å². The fourth-order valence-electron chi connectivity index (χ4n) is 2.33. The fraction of sp³-hybridized carbons (Fsp3) is 0.500. The number of nitrogens with two attached hydrogens (primary N) is 1. The van der Waals surface area contributed by atoms with E-state index in [2.05, 4.69) is 0 Å². The van der Waals surface area contributed by atoms with Crippen molar-refractivity contribution in [1.82, 2.24) is 0 Å². The molecule has 1 aliphatic rings. The van der Waals surface area contributed by atoms with Crippen molar-refractivity contribution in [3.63, 3.8) is 0 Å². The summed E-state index contributed by atoms with van der Waals surface area (Å²) in [6, 6.07) is 7.16. The van der Waals surface area contributed by atoms with E-state index in [0.29, 0.717) is 0 Å². The molecule has 0 aromatic heterocycles. The van der Waals surface area contributed by atoms with Crippen LogP contribution in [-0.4, -0.2) is 22.4 Å². The molecule has 0 heterocycles. The van der Waals surface area contributed by atoms with Gasteiger partial charge in [0.25, 0.3) is 0 Å². The quantitative estimate of drug-likeness (QED) is 0.586. The molecule has 1 aromatic rings. The minimum absolute atomic E-state index is 0.310. The Hall–Kier alpha value is -0.900. The SMILES string of the molecule is CC1(C)c2ccccc2C(O)C(O)C1N. The van der Waals surface area contributed by atoms with Crippen molar-refractivity contribution in [2.45, 2.75) is 37.5 Å². The van der Waals surface area contributed by atoms with Crippen molar-refractivity contribution in [2.75, 3.05) is 0 Å². The lowest BCUT2D eigenvalue weighted by atomic mass is 9.67. The van der Waals surface area contributed by atoms with Gasteiger partial charge in [0.05, 0.1) is 6.10 Å². The Morgan fingerprint density at radius 2 is 1.80 bits per heavy atom. The van der Waals surface area contributed by atoms with Gasteiger partial charge in [0.15, 0.2) is 0 Å². The second-order valence-electron chi connectivity index (χ2n) is 4.77. The maximum Gasteiger partial charge on any atom is 0.107 e. The standard InChI is InChI=1S/C12H17NO2/c1-12(2)8-6-4-3-5-7(8)9(14)10(15)11(12)13/h3-6,9-11,14-15H,13H2,1-2H3. The Bertz CT molecular complexity index is 376. The van der Waals surface area contributed by atoms with Crippen molar-refractivity contribution in [3.05, 3.63) is 35.4 Å². The van der Waals surface area contributed by atoms with Crippen LogP contribution in [-0.2, 0) is 5.41 Å². The summed E-state index contributed by atoms with van der Waals surface area (Å²) in [4.78, 5) is 0. The summed E-state index contributed by atoms with van der Waals surface area (Å²) in [6.45, 7) is 3.98. The zero-order valence-electron chi connectivity index (χ0n) is 9.01. The monoisotopic (exact) mass is 207 g/mol. The molecule has 1 aliphatic carbocycles. The first kappa shape index (κ1) is 10.6. The molecule has 4 N–H and O–H groups in total. The summed E-state index contributed by atoms with van der Waals surface area (Å²) < 4.78 is 0. The molecule has 3 atom stereocenters. The summed E-state index contributed by atoms with van der Waals surface area (Å²) in [6.07, 6.45) is -1.76. The van der Waals surface area contributed by atoms with E-state index in [0.717, 1.165) is 11.1 Å². The molecule has 1 aromatic carbocycles. The van der Waals surface area contributed by atoms with E-state index in [1.54, 1.807) is 0 Å². The zero-order chi connectivity index (χ0) is 11.2. The van der Waals surface area contributed by atoms with Crippen LogP contribution in [0.15, 0.2) is 24.3 Å². The second-order valence-corrected chi connectivity index (χ2v) is 4.77. The predicted molar refractivity (Wildman–Crippen MR) is 58.4 cm³/mol. The number of rotatable bonds is 0. The number of aliphatic hydroxyl groups is 2. The summed E-state index contributed by atoms with van der Waals surface area (Å²) in [5.74, 6) is 0. The summed E-state index contributed by atoms with van der Waals surface area (Å²) >= 11 is 0. The van der Waals surface area contributed by atoms with Gasteiger partial charge >= 0.3 is 0 Å². The van der Waals surface area contributed by atoms with Gasteiger partial charge in [0.2, 0.25) is 0 Å². The van der Waals surface area contributed by atoms with Gasteiger partial charge in [0, 0.05) is 11.5 Å². The van der Waals surface area contributed by atoms with Crippen LogP contribution in [0.1, 0.15) is 31.1 Å². The first-order valence-electron chi connectivity index (χ1n) is 5.17.